The molecule has 21 heavy (non-hydrogen) atoms. The highest BCUT2D eigenvalue weighted by atomic mass is 79.9. The summed E-state index contributed by atoms with van der Waals surface area (Å²) in [7, 11) is 1.44. The first-order valence-electron chi connectivity index (χ1n) is 6.18. The molecule has 1 aliphatic rings. The Morgan fingerprint density at radius 2 is 2.05 bits per heavy atom. The van der Waals surface area contributed by atoms with E-state index in [1.54, 1.807) is 32.1 Å². The molecule has 0 unspecified atom stereocenters. The van der Waals surface area contributed by atoms with Gasteiger partial charge in [-0.15, -0.1) is 0 Å². The molecule has 1 aliphatic heterocycles. The Kier molecular flexibility index (Phi) is 4.63. The summed E-state index contributed by atoms with van der Waals surface area (Å²) >= 11 is 4.13. The van der Waals surface area contributed by atoms with Crippen LogP contribution in [0.25, 0.3) is 6.08 Å². The Hall–Kier alpha value is -1.47. The summed E-state index contributed by atoms with van der Waals surface area (Å²) in [5.41, 5.74) is 0.658. The van der Waals surface area contributed by atoms with Gasteiger partial charge in [-0.1, -0.05) is 0 Å². The summed E-state index contributed by atoms with van der Waals surface area (Å²) in [6.45, 7) is 3.58. The SMILES string of the molecule is COc1cc(/C=C2\SC(=O)N(C(C)C)C2=O)cc(Br)c1O. The van der Waals surface area contributed by atoms with Crippen LogP contribution in [0.1, 0.15) is 19.4 Å². The number of rotatable bonds is 3. The maximum absolute atomic E-state index is 12.2. The molecule has 1 N–H and O–H groups in total. The molecule has 0 spiro atoms. The summed E-state index contributed by atoms with van der Waals surface area (Å²) in [4.78, 5) is 25.6. The molecule has 0 aromatic heterocycles. The molecule has 1 aromatic carbocycles. The van der Waals surface area contributed by atoms with Crippen LogP contribution >= 0.6 is 27.7 Å². The number of carbonyl (C=O) groups is 2. The molecule has 2 rings (SSSR count). The van der Waals surface area contributed by atoms with Gasteiger partial charge in [0.25, 0.3) is 11.1 Å². The topological polar surface area (TPSA) is 66.8 Å². The number of carbonyl (C=O) groups excluding carboxylic acids is 2. The van der Waals surface area contributed by atoms with Gasteiger partial charge in [0, 0.05) is 6.04 Å². The predicted octanol–water partition coefficient (Wildman–Crippen LogP) is 3.61. The summed E-state index contributed by atoms with van der Waals surface area (Å²) in [5.74, 6) is -0.0215. The van der Waals surface area contributed by atoms with Crippen molar-refractivity contribution in [1.82, 2.24) is 4.90 Å². The second kappa shape index (κ2) is 6.11. The number of imide groups is 1. The summed E-state index contributed by atoms with van der Waals surface area (Å²) in [5, 5.41) is 9.49. The minimum Gasteiger partial charge on any atom is -0.503 e. The van der Waals surface area contributed by atoms with Crippen molar-refractivity contribution in [3.8, 4) is 11.5 Å². The number of ether oxygens (including phenoxy) is 1. The number of halogens is 1. The normalized spacial score (nSPS) is 17.2. The smallest absolute Gasteiger partial charge is 0.293 e. The highest BCUT2D eigenvalue weighted by Crippen LogP contribution is 2.38. The van der Waals surface area contributed by atoms with Crippen LogP contribution in [0.15, 0.2) is 21.5 Å². The van der Waals surface area contributed by atoms with Gasteiger partial charge in [0.15, 0.2) is 11.5 Å². The van der Waals surface area contributed by atoms with Gasteiger partial charge in [-0.2, -0.15) is 0 Å². The van der Waals surface area contributed by atoms with Gasteiger partial charge in [0.2, 0.25) is 0 Å². The second-order valence-electron chi connectivity index (χ2n) is 4.70. The number of phenols is 1. The van der Waals surface area contributed by atoms with E-state index in [1.165, 1.54) is 12.0 Å². The van der Waals surface area contributed by atoms with Crippen molar-refractivity contribution in [2.24, 2.45) is 0 Å². The van der Waals surface area contributed by atoms with Gasteiger partial charge >= 0.3 is 0 Å². The predicted molar refractivity (Wildman–Crippen MR) is 85.3 cm³/mol. The summed E-state index contributed by atoms with van der Waals surface area (Å²) in [6, 6.07) is 3.08. The number of nitrogens with zero attached hydrogens (tertiary/aromatic N) is 1. The first-order valence-corrected chi connectivity index (χ1v) is 7.79. The molecular formula is C14H14BrNO4S. The van der Waals surface area contributed by atoms with Crippen molar-refractivity contribution in [3.63, 3.8) is 0 Å². The van der Waals surface area contributed by atoms with Crippen LogP contribution in [-0.2, 0) is 4.79 Å². The van der Waals surface area contributed by atoms with Gasteiger partial charge in [-0.25, -0.2) is 0 Å². The number of amides is 2. The lowest BCUT2D eigenvalue weighted by atomic mass is 10.2. The Morgan fingerprint density at radius 1 is 1.38 bits per heavy atom. The fourth-order valence-corrected chi connectivity index (χ4v) is 3.33. The molecule has 1 fully saturated rings. The van der Waals surface area contributed by atoms with Gasteiger partial charge in [0.1, 0.15) is 0 Å². The van der Waals surface area contributed by atoms with E-state index < -0.39 is 0 Å². The lowest BCUT2D eigenvalue weighted by Crippen LogP contribution is -2.34. The molecule has 1 saturated heterocycles. The van der Waals surface area contributed by atoms with E-state index in [4.69, 9.17) is 4.74 Å². The highest BCUT2D eigenvalue weighted by Gasteiger charge is 2.36. The lowest BCUT2D eigenvalue weighted by molar-refractivity contribution is -0.123. The molecule has 1 heterocycles. The molecule has 1 aromatic rings. The van der Waals surface area contributed by atoms with Gasteiger partial charge < -0.3 is 9.84 Å². The molecule has 0 bridgehead atoms. The zero-order valence-corrected chi connectivity index (χ0v) is 14.1. The van der Waals surface area contributed by atoms with E-state index in [9.17, 15) is 14.7 Å². The molecule has 0 atom stereocenters. The van der Waals surface area contributed by atoms with Gasteiger partial charge in [0.05, 0.1) is 16.5 Å². The van der Waals surface area contributed by atoms with Crippen LogP contribution in [0, 0.1) is 0 Å². The van der Waals surface area contributed by atoms with Crippen molar-refractivity contribution in [1.29, 1.82) is 0 Å². The lowest BCUT2D eigenvalue weighted by Gasteiger charge is -2.16. The maximum Gasteiger partial charge on any atom is 0.293 e. The van der Waals surface area contributed by atoms with Crippen molar-refractivity contribution in [2.45, 2.75) is 19.9 Å². The van der Waals surface area contributed by atoms with E-state index in [-0.39, 0.29) is 22.9 Å². The number of thioether (sulfide) groups is 1. The average molecular weight is 372 g/mol. The van der Waals surface area contributed by atoms with Crippen LogP contribution in [-0.4, -0.2) is 34.3 Å². The first-order chi connectivity index (χ1) is 9.85. The van der Waals surface area contributed by atoms with Gasteiger partial charge in [-0.05, 0) is 65.3 Å². The molecule has 112 valence electrons. The number of hydrogen-bond donors (Lipinski definition) is 1. The number of benzene rings is 1. The summed E-state index contributed by atoms with van der Waals surface area (Å²) < 4.78 is 5.51. The van der Waals surface area contributed by atoms with E-state index in [1.807, 2.05) is 0 Å². The zero-order valence-electron chi connectivity index (χ0n) is 11.7. The van der Waals surface area contributed by atoms with Crippen LogP contribution in [0.3, 0.4) is 0 Å². The van der Waals surface area contributed by atoms with E-state index in [2.05, 4.69) is 15.9 Å². The minimum absolute atomic E-state index is 0.00932. The first kappa shape index (κ1) is 15.9. The Morgan fingerprint density at radius 3 is 2.57 bits per heavy atom. The van der Waals surface area contributed by atoms with Crippen LogP contribution in [0.4, 0.5) is 4.79 Å². The maximum atomic E-state index is 12.2. The van der Waals surface area contributed by atoms with E-state index in [0.717, 1.165) is 11.8 Å². The van der Waals surface area contributed by atoms with E-state index in [0.29, 0.717) is 20.7 Å². The number of aromatic hydroxyl groups is 1. The number of methoxy groups -OCH3 is 1. The Labute approximate surface area is 135 Å². The third-order valence-electron chi connectivity index (χ3n) is 2.91. The minimum atomic E-state index is -0.303. The van der Waals surface area contributed by atoms with E-state index >= 15 is 0 Å². The third-order valence-corrected chi connectivity index (χ3v) is 4.40. The molecule has 0 radical (unpaired) electrons. The fraction of sp³-hybridized carbons (Fsp3) is 0.286. The van der Waals surface area contributed by atoms with Crippen LogP contribution < -0.4 is 4.74 Å². The number of hydrogen-bond acceptors (Lipinski definition) is 5. The third kappa shape index (κ3) is 3.08. The summed E-state index contributed by atoms with van der Waals surface area (Å²) in [6.07, 6.45) is 1.61. The largest absolute Gasteiger partial charge is 0.503 e. The Bertz CT molecular complexity index is 642. The average Bonchev–Trinajstić information content (AvgIpc) is 2.68. The number of phenolic OH excluding ortho intramolecular Hbond substituents is 1. The molecular weight excluding hydrogens is 358 g/mol. The van der Waals surface area contributed by atoms with Crippen LogP contribution in [0.5, 0.6) is 11.5 Å². The highest BCUT2D eigenvalue weighted by molar-refractivity contribution is 9.10. The second-order valence-corrected chi connectivity index (χ2v) is 6.55. The zero-order chi connectivity index (χ0) is 15.7. The molecule has 7 heteroatoms. The van der Waals surface area contributed by atoms with Crippen LogP contribution in [0.2, 0.25) is 0 Å². The van der Waals surface area contributed by atoms with Crippen molar-refractivity contribution in [3.05, 3.63) is 27.1 Å². The van der Waals surface area contributed by atoms with Crippen molar-refractivity contribution < 1.29 is 19.4 Å². The standard InChI is InChI=1S/C14H14BrNO4S/c1-7(2)16-13(18)11(21-14(16)19)6-8-4-9(15)12(17)10(5-8)20-3/h4-7,17H,1-3H3/b11-6-. The monoisotopic (exact) mass is 371 g/mol. The Balaban J connectivity index is 2.39. The fourth-order valence-electron chi connectivity index (χ4n) is 1.91. The van der Waals surface area contributed by atoms with Crippen molar-refractivity contribution >= 4 is 44.9 Å². The van der Waals surface area contributed by atoms with Crippen molar-refractivity contribution in [2.75, 3.05) is 7.11 Å². The quantitative estimate of drug-likeness (QED) is 0.822. The molecule has 2 amide bonds. The molecule has 0 saturated carbocycles. The molecule has 0 aliphatic carbocycles. The molecule has 5 nitrogen and oxygen atoms in total. The van der Waals surface area contributed by atoms with Gasteiger partial charge in [-0.3, -0.25) is 14.5 Å².